The van der Waals surface area contributed by atoms with Crippen LogP contribution in [0.2, 0.25) is 0 Å². The predicted octanol–water partition coefficient (Wildman–Crippen LogP) is 23.3. The third-order valence-electron chi connectivity index (χ3n) is 18.3. The van der Waals surface area contributed by atoms with Gasteiger partial charge in [0.1, 0.15) is 19.3 Å². The first kappa shape index (κ1) is 95.1. The molecule has 3 N–H and O–H groups in total. The smallest absolute Gasteiger partial charge is 0.462 e. The molecule has 576 valence electrons. The molecule has 0 aliphatic heterocycles. The van der Waals surface area contributed by atoms with Crippen molar-refractivity contribution in [2.24, 2.45) is 5.92 Å². The van der Waals surface area contributed by atoms with Crippen LogP contribution in [0.25, 0.3) is 0 Å². The van der Waals surface area contributed by atoms with Crippen LogP contribution in [0.3, 0.4) is 0 Å². The Labute approximate surface area is 594 Å². The third kappa shape index (κ3) is 72.2. The van der Waals surface area contributed by atoms with E-state index in [0.29, 0.717) is 25.7 Å². The lowest BCUT2D eigenvalue weighted by atomic mass is 10.0. The molecule has 0 saturated heterocycles. The molecule has 0 fully saturated rings. The van der Waals surface area contributed by atoms with Crippen LogP contribution in [0.4, 0.5) is 0 Å². The molecule has 97 heavy (non-hydrogen) atoms. The van der Waals surface area contributed by atoms with Crippen LogP contribution in [0.1, 0.15) is 413 Å². The fourth-order valence-corrected chi connectivity index (χ4v) is 13.6. The monoisotopic (exact) mass is 1420 g/mol. The minimum absolute atomic E-state index is 0.106. The van der Waals surface area contributed by atoms with Crippen LogP contribution >= 0.6 is 15.6 Å². The number of carbonyl (C=O) groups is 4. The lowest BCUT2D eigenvalue weighted by Gasteiger charge is -2.21. The van der Waals surface area contributed by atoms with Crippen molar-refractivity contribution in [3.05, 3.63) is 0 Å². The Morgan fingerprint density at radius 1 is 0.278 bits per heavy atom. The minimum atomic E-state index is -4.96. The maximum absolute atomic E-state index is 13.1. The summed E-state index contributed by atoms with van der Waals surface area (Å²) < 4.78 is 68.3. The van der Waals surface area contributed by atoms with Crippen molar-refractivity contribution in [1.82, 2.24) is 0 Å². The maximum Gasteiger partial charge on any atom is 0.472 e. The van der Waals surface area contributed by atoms with E-state index in [2.05, 4.69) is 34.6 Å². The first-order valence-corrected chi connectivity index (χ1v) is 43.6. The summed E-state index contributed by atoms with van der Waals surface area (Å²) in [6.45, 7) is 7.24. The maximum atomic E-state index is 13.1. The highest BCUT2D eigenvalue weighted by Gasteiger charge is 2.30. The second-order valence-corrected chi connectivity index (χ2v) is 31.5. The van der Waals surface area contributed by atoms with Gasteiger partial charge in [0.25, 0.3) is 0 Å². The molecule has 0 aliphatic carbocycles. The molecule has 0 heterocycles. The highest BCUT2D eigenvalue weighted by Crippen LogP contribution is 2.45. The number of rotatable bonds is 78. The van der Waals surface area contributed by atoms with Crippen LogP contribution in [-0.2, 0) is 65.4 Å². The van der Waals surface area contributed by atoms with Crippen molar-refractivity contribution in [3.63, 3.8) is 0 Å². The lowest BCUT2D eigenvalue weighted by Crippen LogP contribution is -2.30. The largest absolute Gasteiger partial charge is 0.472 e. The SMILES string of the molecule is CCCCCCCCCCCCCCCCCCCCCCC(=O)OC[C@H](COP(=O)(O)OC[C@@H](O)COP(=O)(O)OC[C@@H](COC(=O)CCCCCCC)OC(=O)CCCCCCCCCCCCC)OC(=O)CCCCCCCCCCCCCCCCCCCCC(C)C. The first-order valence-electron chi connectivity index (χ1n) is 40.6. The molecule has 0 amide bonds. The molecule has 0 aliphatic rings. The van der Waals surface area contributed by atoms with Crippen molar-refractivity contribution in [3.8, 4) is 0 Å². The minimum Gasteiger partial charge on any atom is -0.462 e. The molecule has 0 aromatic heterocycles. The number of unbranched alkanes of at least 4 members (excludes halogenated alkanes) is 50. The number of esters is 4. The molecule has 0 spiro atoms. The van der Waals surface area contributed by atoms with Crippen LogP contribution in [0, 0.1) is 5.92 Å². The zero-order chi connectivity index (χ0) is 71.2. The molecule has 17 nitrogen and oxygen atoms in total. The number of aliphatic hydroxyl groups is 1. The first-order chi connectivity index (χ1) is 47.0. The van der Waals surface area contributed by atoms with E-state index in [9.17, 15) is 43.2 Å². The van der Waals surface area contributed by atoms with Crippen LogP contribution in [-0.4, -0.2) is 96.7 Å². The summed E-state index contributed by atoms with van der Waals surface area (Å²) in [7, 11) is -9.90. The van der Waals surface area contributed by atoms with E-state index in [1.54, 1.807) is 0 Å². The molecular weight excluding hydrogens is 1270 g/mol. The topological polar surface area (TPSA) is 237 Å². The van der Waals surface area contributed by atoms with E-state index in [1.807, 2.05) is 0 Å². The highest BCUT2D eigenvalue weighted by molar-refractivity contribution is 7.47. The average molecular weight is 1420 g/mol. The Kier molecular flexibility index (Phi) is 69.6. The fraction of sp³-hybridized carbons (Fsp3) is 0.949. The van der Waals surface area contributed by atoms with Gasteiger partial charge in [0.05, 0.1) is 26.4 Å². The van der Waals surface area contributed by atoms with E-state index < -0.39 is 97.5 Å². The van der Waals surface area contributed by atoms with Gasteiger partial charge >= 0.3 is 39.5 Å². The van der Waals surface area contributed by atoms with Gasteiger partial charge in [-0.15, -0.1) is 0 Å². The zero-order valence-corrected chi connectivity index (χ0v) is 65.0. The molecule has 19 heteroatoms. The zero-order valence-electron chi connectivity index (χ0n) is 63.2. The van der Waals surface area contributed by atoms with Gasteiger partial charge in [-0.05, 0) is 31.6 Å². The summed E-state index contributed by atoms with van der Waals surface area (Å²) in [4.78, 5) is 72.5. The molecule has 0 rings (SSSR count). The average Bonchev–Trinajstić information content (AvgIpc) is 1.29. The Morgan fingerprint density at radius 3 is 0.701 bits per heavy atom. The summed E-state index contributed by atoms with van der Waals surface area (Å²) in [6, 6.07) is 0. The van der Waals surface area contributed by atoms with Crippen LogP contribution in [0.5, 0.6) is 0 Å². The number of phosphoric acid groups is 2. The van der Waals surface area contributed by atoms with Gasteiger partial charge in [-0.2, -0.15) is 0 Å². The normalized spacial score (nSPS) is 13.9. The molecule has 0 radical (unpaired) electrons. The van der Waals surface area contributed by atoms with E-state index >= 15 is 0 Å². The van der Waals surface area contributed by atoms with E-state index in [1.165, 1.54) is 231 Å². The van der Waals surface area contributed by atoms with Gasteiger partial charge < -0.3 is 33.8 Å². The molecule has 0 aromatic carbocycles. The number of hydrogen-bond donors (Lipinski definition) is 3. The fourth-order valence-electron chi connectivity index (χ4n) is 12.1. The molecule has 5 atom stereocenters. The number of phosphoric ester groups is 2. The van der Waals surface area contributed by atoms with Crippen LogP contribution < -0.4 is 0 Å². The molecule has 0 bridgehead atoms. The van der Waals surface area contributed by atoms with Crippen LogP contribution in [0.15, 0.2) is 0 Å². The third-order valence-corrected chi connectivity index (χ3v) is 20.2. The second kappa shape index (κ2) is 71.1. The summed E-state index contributed by atoms with van der Waals surface area (Å²) >= 11 is 0. The van der Waals surface area contributed by atoms with E-state index in [4.69, 9.17) is 37.0 Å². The summed E-state index contributed by atoms with van der Waals surface area (Å²) in [5, 5.41) is 10.6. The van der Waals surface area contributed by atoms with Crippen molar-refractivity contribution in [2.75, 3.05) is 39.6 Å². The number of hydrogen-bond acceptors (Lipinski definition) is 15. The van der Waals surface area contributed by atoms with Gasteiger partial charge in [0, 0.05) is 25.7 Å². The Morgan fingerprint density at radius 2 is 0.474 bits per heavy atom. The Hall–Kier alpha value is -1.94. The van der Waals surface area contributed by atoms with Gasteiger partial charge in [0.15, 0.2) is 12.2 Å². The van der Waals surface area contributed by atoms with Gasteiger partial charge in [-0.25, -0.2) is 9.13 Å². The van der Waals surface area contributed by atoms with E-state index in [0.717, 1.165) is 102 Å². The van der Waals surface area contributed by atoms with Gasteiger partial charge in [-0.1, -0.05) is 362 Å². The standard InChI is InChI=1S/C78H152O17P2/c1-6-9-12-15-17-19-21-22-23-24-25-26-30-33-36-40-43-47-52-57-62-76(81)89-68-74(95-78(83)64-59-54-49-45-41-37-34-31-28-27-29-32-35-39-42-46-51-55-60-71(4)5)70-93-97(86,87)91-66-72(79)65-90-96(84,85)92-69-73(67-88-75(80)61-56-50-14-11-8-3)94-77(82)63-58-53-48-44-38-20-18-16-13-10-7-2/h71-74,79H,6-70H2,1-5H3,(H,84,85)(H,86,87)/t72-,73+,74+/m0/s1. The van der Waals surface area contributed by atoms with Crippen molar-refractivity contribution < 1.29 is 80.2 Å². The number of ether oxygens (including phenoxy) is 4. The predicted molar refractivity (Wildman–Crippen MR) is 395 cm³/mol. The summed E-state index contributed by atoms with van der Waals surface area (Å²) in [6.07, 6.45) is 61.6. The van der Waals surface area contributed by atoms with E-state index in [-0.39, 0.29) is 25.7 Å². The van der Waals surface area contributed by atoms with Gasteiger partial charge in [-0.3, -0.25) is 37.3 Å². The Balaban J connectivity index is 5.10. The molecular formula is C78H152O17P2. The van der Waals surface area contributed by atoms with Crippen molar-refractivity contribution in [1.29, 1.82) is 0 Å². The summed E-state index contributed by atoms with van der Waals surface area (Å²) in [5.41, 5.74) is 0. The quantitative estimate of drug-likeness (QED) is 0.0222. The highest BCUT2D eigenvalue weighted by atomic mass is 31.2. The lowest BCUT2D eigenvalue weighted by molar-refractivity contribution is -0.161. The number of aliphatic hydroxyl groups excluding tert-OH is 1. The van der Waals surface area contributed by atoms with Crippen molar-refractivity contribution >= 4 is 39.5 Å². The number of carbonyl (C=O) groups excluding carboxylic acids is 4. The second-order valence-electron chi connectivity index (χ2n) is 28.6. The molecule has 0 aromatic rings. The van der Waals surface area contributed by atoms with Crippen molar-refractivity contribution in [2.45, 2.75) is 432 Å². The summed E-state index contributed by atoms with van der Waals surface area (Å²) in [5.74, 6) is -1.30. The molecule has 0 saturated carbocycles. The molecule has 2 unspecified atom stereocenters. The van der Waals surface area contributed by atoms with Gasteiger partial charge in [0.2, 0.25) is 0 Å². The Bertz CT molecular complexity index is 1860.